The Hall–Kier alpha value is -3.51. The van der Waals surface area contributed by atoms with Crippen LogP contribution < -0.4 is 15.8 Å². The van der Waals surface area contributed by atoms with Crippen molar-refractivity contribution >= 4 is 28.5 Å². The van der Waals surface area contributed by atoms with E-state index < -0.39 is 6.10 Å². The number of carbonyl (C=O) groups excluding carboxylic acids is 1. The predicted octanol–water partition coefficient (Wildman–Crippen LogP) is 4.64. The third kappa shape index (κ3) is 7.38. The average molecular weight is 648 g/mol. The van der Waals surface area contributed by atoms with Gasteiger partial charge in [-0.3, -0.25) is 4.79 Å². The smallest absolute Gasteiger partial charge is 0.295 e. The molecule has 2 saturated heterocycles. The van der Waals surface area contributed by atoms with Crippen molar-refractivity contribution in [2.75, 3.05) is 45.9 Å². The van der Waals surface area contributed by atoms with Crippen LogP contribution >= 0.6 is 11.6 Å². The number of H-pyrrole nitrogens is 1. The lowest BCUT2D eigenvalue weighted by Crippen LogP contribution is -2.34. The largest absolute Gasteiger partial charge is 0.456 e. The van der Waals surface area contributed by atoms with Crippen molar-refractivity contribution < 1.29 is 24.1 Å². The highest BCUT2D eigenvalue weighted by Crippen LogP contribution is 2.35. The van der Waals surface area contributed by atoms with E-state index in [0.717, 1.165) is 72.2 Å². The topological polar surface area (TPSA) is 135 Å². The molecule has 0 spiro atoms. The summed E-state index contributed by atoms with van der Waals surface area (Å²) in [6, 6.07) is 19.9. The minimum Gasteiger partial charge on any atom is -0.456 e. The molecular formula is C35H42ClN5O5. The van der Waals surface area contributed by atoms with Crippen molar-refractivity contribution in [3.63, 3.8) is 0 Å². The first kappa shape index (κ1) is 32.4. The second-order valence-electron chi connectivity index (χ2n) is 12.0. The summed E-state index contributed by atoms with van der Waals surface area (Å²) in [6.07, 6.45) is 1.53. The summed E-state index contributed by atoms with van der Waals surface area (Å²) in [5.74, 6) is -0.0655. The van der Waals surface area contributed by atoms with Crippen molar-refractivity contribution in [1.29, 1.82) is 0 Å². The number of halogens is 1. The zero-order valence-corrected chi connectivity index (χ0v) is 26.8. The van der Waals surface area contributed by atoms with E-state index in [1.165, 1.54) is 0 Å². The van der Waals surface area contributed by atoms with E-state index in [0.29, 0.717) is 36.3 Å². The van der Waals surface area contributed by atoms with Crippen LogP contribution in [0.5, 0.6) is 6.01 Å². The van der Waals surface area contributed by atoms with Gasteiger partial charge in [0.25, 0.3) is 11.9 Å². The van der Waals surface area contributed by atoms with Crippen LogP contribution in [0.15, 0.2) is 60.7 Å². The van der Waals surface area contributed by atoms with Crippen molar-refractivity contribution in [2.24, 2.45) is 5.73 Å². The first-order valence-corrected chi connectivity index (χ1v) is 16.5. The van der Waals surface area contributed by atoms with E-state index in [-0.39, 0.29) is 30.8 Å². The van der Waals surface area contributed by atoms with E-state index >= 15 is 0 Å². The van der Waals surface area contributed by atoms with Gasteiger partial charge in [0.2, 0.25) is 0 Å². The molecule has 0 bridgehead atoms. The monoisotopic (exact) mass is 647 g/mol. The highest BCUT2D eigenvalue weighted by molar-refractivity contribution is 6.34. The third-order valence-corrected chi connectivity index (χ3v) is 8.99. The third-order valence-electron chi connectivity index (χ3n) is 8.68. The number of unbranched alkanes of at least 4 members (excludes halogenated alkanes) is 1. The van der Waals surface area contributed by atoms with E-state index in [1.807, 2.05) is 60.7 Å². The number of aromatic nitrogens is 2. The maximum absolute atomic E-state index is 12.7. The SMILES string of the molecule is CCCCN(CCN)CCCNC(=O)c1ccc(-c2ccc(-c3cc4nc(O[C@@H]5CO[C@H]6[C@@H]5OC[C@H]6O)[nH]c4cc3Cl)cc2)cc1. The molecule has 10 nitrogen and oxygen atoms in total. The quantitative estimate of drug-likeness (QED) is 0.146. The number of hydrogen-bond donors (Lipinski definition) is 4. The van der Waals surface area contributed by atoms with Crippen molar-refractivity contribution in [2.45, 2.75) is 50.6 Å². The van der Waals surface area contributed by atoms with Gasteiger partial charge in [-0.15, -0.1) is 0 Å². The van der Waals surface area contributed by atoms with E-state index in [1.54, 1.807) is 0 Å². The van der Waals surface area contributed by atoms with Gasteiger partial charge in [0.1, 0.15) is 18.3 Å². The maximum atomic E-state index is 12.7. The number of nitrogens with one attached hydrogen (secondary N) is 2. The number of imidazole rings is 1. The predicted molar refractivity (Wildman–Crippen MR) is 179 cm³/mol. The molecule has 0 unspecified atom stereocenters. The van der Waals surface area contributed by atoms with Crippen LogP contribution in [0, 0.1) is 0 Å². The highest BCUT2D eigenvalue weighted by atomic mass is 35.5. The number of amides is 1. The van der Waals surface area contributed by atoms with Crippen molar-refractivity contribution in [3.05, 3.63) is 71.2 Å². The van der Waals surface area contributed by atoms with Crippen molar-refractivity contribution in [3.8, 4) is 28.3 Å². The minimum atomic E-state index is -0.637. The Labute approximate surface area is 274 Å². The number of aromatic amines is 1. The van der Waals surface area contributed by atoms with Crippen LogP contribution in [0.4, 0.5) is 0 Å². The molecule has 0 aliphatic carbocycles. The lowest BCUT2D eigenvalue weighted by atomic mass is 9.99. The van der Waals surface area contributed by atoms with Gasteiger partial charge in [-0.2, -0.15) is 4.98 Å². The average Bonchev–Trinajstić information content (AvgIpc) is 3.77. The Kier molecular flexibility index (Phi) is 10.5. The molecule has 1 amide bonds. The van der Waals surface area contributed by atoms with E-state index in [4.69, 9.17) is 31.5 Å². The van der Waals surface area contributed by atoms with Gasteiger partial charge in [-0.05, 0) is 66.9 Å². The molecule has 2 aliphatic heterocycles. The lowest BCUT2D eigenvalue weighted by Gasteiger charge is -2.21. The second kappa shape index (κ2) is 14.9. The number of nitrogens with two attached hydrogens (primary N) is 1. The Bertz CT molecular complexity index is 1610. The molecule has 4 atom stereocenters. The number of rotatable bonds is 14. The van der Waals surface area contributed by atoms with Crippen LogP contribution in [-0.4, -0.2) is 96.2 Å². The molecule has 46 heavy (non-hydrogen) atoms. The Morgan fingerprint density at radius 3 is 2.46 bits per heavy atom. The van der Waals surface area contributed by atoms with Crippen LogP contribution in [0.25, 0.3) is 33.3 Å². The van der Waals surface area contributed by atoms with Crippen LogP contribution in [0.2, 0.25) is 5.02 Å². The number of carbonyl (C=O) groups is 1. The Morgan fingerprint density at radius 2 is 1.72 bits per heavy atom. The molecule has 2 aliphatic rings. The van der Waals surface area contributed by atoms with E-state index in [2.05, 4.69) is 27.1 Å². The minimum absolute atomic E-state index is 0.0655. The number of aliphatic hydroxyl groups is 1. The number of benzene rings is 3. The molecule has 5 N–H and O–H groups in total. The summed E-state index contributed by atoms with van der Waals surface area (Å²) < 4.78 is 17.4. The van der Waals surface area contributed by atoms with Gasteiger partial charge in [-0.1, -0.05) is 61.3 Å². The molecule has 0 saturated carbocycles. The molecule has 3 heterocycles. The molecule has 2 fully saturated rings. The van der Waals surface area contributed by atoms with E-state index in [9.17, 15) is 9.90 Å². The molecule has 0 radical (unpaired) electrons. The number of nitrogens with zero attached hydrogens (tertiary/aromatic N) is 2. The standard InChI is InChI=1S/C35H42ClN5O5/c1-2-3-15-41(17-13-37)16-4-14-38-34(43)25-11-7-23(8-12-25)22-5-9-24(10-6-22)26-18-28-29(19-27(26)36)40-35(39-28)46-31-21-45-32-30(42)20-44-33(31)32/h5-12,18-19,30-33,42H,2-4,13-17,20-21,37H2,1H3,(H,38,43)(H,39,40)/t30-,31-,32-,33-/m1/s1. The maximum Gasteiger partial charge on any atom is 0.295 e. The number of hydrogen-bond acceptors (Lipinski definition) is 8. The van der Waals surface area contributed by atoms with Gasteiger partial charge < -0.3 is 40.3 Å². The molecule has 6 rings (SSSR count). The van der Waals surface area contributed by atoms with Gasteiger partial charge in [-0.25, -0.2) is 0 Å². The fourth-order valence-corrected chi connectivity index (χ4v) is 6.41. The van der Waals surface area contributed by atoms with Crippen LogP contribution in [-0.2, 0) is 9.47 Å². The fraction of sp³-hybridized carbons (Fsp3) is 0.429. The normalized spacial score (nSPS) is 20.8. The molecule has 1 aromatic heterocycles. The Balaban J connectivity index is 1.05. The van der Waals surface area contributed by atoms with Crippen molar-refractivity contribution in [1.82, 2.24) is 20.2 Å². The summed E-state index contributed by atoms with van der Waals surface area (Å²) in [4.78, 5) is 22.9. The lowest BCUT2D eigenvalue weighted by molar-refractivity contribution is 0.00706. The van der Waals surface area contributed by atoms with Gasteiger partial charge in [0, 0.05) is 30.8 Å². The van der Waals surface area contributed by atoms with Crippen LogP contribution in [0.3, 0.4) is 0 Å². The zero-order chi connectivity index (χ0) is 32.0. The first-order chi connectivity index (χ1) is 22.4. The first-order valence-electron chi connectivity index (χ1n) is 16.1. The molecule has 244 valence electrons. The highest BCUT2D eigenvalue weighted by Gasteiger charge is 2.48. The Morgan fingerprint density at radius 1 is 1.02 bits per heavy atom. The molecule has 3 aromatic carbocycles. The number of ether oxygens (including phenoxy) is 3. The molecule has 4 aromatic rings. The second-order valence-corrected chi connectivity index (χ2v) is 12.4. The molecule has 11 heteroatoms. The summed E-state index contributed by atoms with van der Waals surface area (Å²) in [5, 5.41) is 13.6. The van der Waals surface area contributed by atoms with Gasteiger partial charge in [0.05, 0.1) is 29.3 Å². The molecular weight excluding hydrogens is 606 g/mol. The van der Waals surface area contributed by atoms with Gasteiger partial charge in [0.15, 0.2) is 6.10 Å². The fourth-order valence-electron chi connectivity index (χ4n) is 6.14. The number of fused-ring (bicyclic) bond motifs is 2. The zero-order valence-electron chi connectivity index (χ0n) is 26.1. The van der Waals surface area contributed by atoms with Crippen LogP contribution in [0.1, 0.15) is 36.5 Å². The summed E-state index contributed by atoms with van der Waals surface area (Å²) in [7, 11) is 0. The van der Waals surface area contributed by atoms with Gasteiger partial charge >= 0.3 is 0 Å². The number of aliphatic hydroxyl groups excluding tert-OH is 1. The summed E-state index contributed by atoms with van der Waals surface area (Å²) >= 11 is 6.70. The summed E-state index contributed by atoms with van der Waals surface area (Å²) in [5.41, 5.74) is 11.7. The summed E-state index contributed by atoms with van der Waals surface area (Å²) in [6.45, 7) is 6.91.